The maximum absolute atomic E-state index is 13.0. The van der Waals surface area contributed by atoms with Gasteiger partial charge in [-0.25, -0.2) is 14.4 Å². The highest BCUT2D eigenvalue weighted by molar-refractivity contribution is 5.79. The predicted octanol–water partition coefficient (Wildman–Crippen LogP) is 3.97. The molecule has 0 spiro atoms. The van der Waals surface area contributed by atoms with Crippen molar-refractivity contribution in [2.24, 2.45) is 4.99 Å². The zero-order chi connectivity index (χ0) is 22.1. The van der Waals surface area contributed by atoms with Crippen LogP contribution in [0.4, 0.5) is 4.39 Å². The van der Waals surface area contributed by atoms with Gasteiger partial charge in [-0.1, -0.05) is 6.07 Å². The summed E-state index contributed by atoms with van der Waals surface area (Å²) in [6.07, 6.45) is 2.68. The lowest BCUT2D eigenvalue weighted by Crippen LogP contribution is -2.38. The molecule has 0 atom stereocenters. The van der Waals surface area contributed by atoms with E-state index in [-0.39, 0.29) is 5.82 Å². The van der Waals surface area contributed by atoms with Crippen LogP contribution in [-0.4, -0.2) is 33.8 Å². The van der Waals surface area contributed by atoms with E-state index in [2.05, 4.69) is 38.7 Å². The van der Waals surface area contributed by atoms with Crippen LogP contribution in [0.25, 0.3) is 0 Å². The Morgan fingerprint density at radius 1 is 1.13 bits per heavy atom. The molecule has 3 aromatic rings. The van der Waals surface area contributed by atoms with Crippen LogP contribution in [-0.2, 0) is 13.1 Å². The molecule has 164 valence electrons. The van der Waals surface area contributed by atoms with E-state index in [0.717, 1.165) is 43.3 Å². The Hall–Kier alpha value is -3.42. The predicted molar refractivity (Wildman–Crippen MR) is 120 cm³/mol. The Kier molecular flexibility index (Phi) is 7.98. The van der Waals surface area contributed by atoms with Crippen molar-refractivity contribution in [2.45, 2.75) is 40.3 Å². The van der Waals surface area contributed by atoms with Gasteiger partial charge in [0.25, 0.3) is 0 Å². The summed E-state index contributed by atoms with van der Waals surface area (Å²) >= 11 is 0. The van der Waals surface area contributed by atoms with Crippen molar-refractivity contribution >= 4 is 5.96 Å². The molecular formula is C23H29FN6O. The van der Waals surface area contributed by atoms with Crippen molar-refractivity contribution in [3.8, 4) is 11.6 Å². The summed E-state index contributed by atoms with van der Waals surface area (Å²) in [4.78, 5) is 8.93. The third-order valence-corrected chi connectivity index (χ3v) is 4.54. The van der Waals surface area contributed by atoms with Gasteiger partial charge in [0, 0.05) is 37.6 Å². The standard InChI is InChI=1S/C23H29FN6O/c1-4-25-23(26-12-5-13-30-18(3)14-17(2)29-30)28-16-19-6-11-22(27-15-19)31-21-9-7-20(24)8-10-21/h6-11,14-15H,4-5,12-13,16H2,1-3H3,(H2,25,26,28). The summed E-state index contributed by atoms with van der Waals surface area (Å²) < 4.78 is 20.6. The fraction of sp³-hybridized carbons (Fsp3) is 0.348. The lowest BCUT2D eigenvalue weighted by Gasteiger charge is -2.12. The molecule has 2 N–H and O–H groups in total. The number of hydrogen-bond donors (Lipinski definition) is 2. The Morgan fingerprint density at radius 3 is 2.58 bits per heavy atom. The minimum atomic E-state index is -0.301. The van der Waals surface area contributed by atoms with Crippen LogP contribution in [0.5, 0.6) is 11.6 Å². The first kappa shape index (κ1) is 22.3. The second-order valence-corrected chi connectivity index (χ2v) is 7.19. The molecule has 0 aliphatic carbocycles. The Bertz CT molecular complexity index is 982. The fourth-order valence-electron chi connectivity index (χ4n) is 3.04. The quantitative estimate of drug-likeness (QED) is 0.309. The van der Waals surface area contributed by atoms with E-state index >= 15 is 0 Å². The van der Waals surface area contributed by atoms with Crippen molar-refractivity contribution in [3.05, 3.63) is 71.4 Å². The summed E-state index contributed by atoms with van der Waals surface area (Å²) in [5, 5.41) is 11.1. The highest BCUT2D eigenvalue weighted by Gasteiger charge is 2.03. The molecule has 31 heavy (non-hydrogen) atoms. The minimum absolute atomic E-state index is 0.301. The maximum atomic E-state index is 13.0. The van der Waals surface area contributed by atoms with Gasteiger partial charge < -0.3 is 15.4 Å². The summed E-state index contributed by atoms with van der Waals surface area (Å²) in [5.74, 6) is 1.46. The monoisotopic (exact) mass is 424 g/mol. The Labute approximate surface area is 182 Å². The second kappa shape index (κ2) is 11.1. The lowest BCUT2D eigenvalue weighted by atomic mass is 10.3. The number of hydrogen-bond acceptors (Lipinski definition) is 4. The summed E-state index contributed by atoms with van der Waals surface area (Å²) in [6.45, 7) is 9.06. The average Bonchev–Trinajstić information content (AvgIpc) is 3.09. The molecule has 0 radical (unpaired) electrons. The molecule has 0 aliphatic heterocycles. The number of nitrogens with zero attached hydrogens (tertiary/aromatic N) is 4. The number of guanidine groups is 1. The molecule has 1 aromatic carbocycles. The summed E-state index contributed by atoms with van der Waals surface area (Å²) in [7, 11) is 0. The van der Waals surface area contributed by atoms with Gasteiger partial charge >= 0.3 is 0 Å². The van der Waals surface area contributed by atoms with E-state index in [9.17, 15) is 4.39 Å². The van der Waals surface area contributed by atoms with Crippen LogP contribution in [0.15, 0.2) is 53.7 Å². The number of pyridine rings is 1. The van der Waals surface area contributed by atoms with E-state index in [4.69, 9.17) is 4.74 Å². The van der Waals surface area contributed by atoms with Crippen LogP contribution >= 0.6 is 0 Å². The van der Waals surface area contributed by atoms with E-state index in [1.165, 1.54) is 17.8 Å². The number of aryl methyl sites for hydroxylation is 3. The molecule has 2 heterocycles. The second-order valence-electron chi connectivity index (χ2n) is 7.19. The molecule has 0 aliphatic rings. The number of nitrogens with one attached hydrogen (secondary N) is 2. The molecule has 0 saturated heterocycles. The van der Waals surface area contributed by atoms with E-state index in [1.54, 1.807) is 24.4 Å². The van der Waals surface area contributed by atoms with E-state index in [0.29, 0.717) is 18.2 Å². The van der Waals surface area contributed by atoms with Crippen molar-refractivity contribution in [2.75, 3.05) is 13.1 Å². The number of aliphatic imine (C=N–C) groups is 1. The SMILES string of the molecule is CCNC(=NCc1ccc(Oc2ccc(F)cc2)nc1)NCCCn1nc(C)cc1C. The van der Waals surface area contributed by atoms with Crippen molar-refractivity contribution < 1.29 is 9.13 Å². The highest BCUT2D eigenvalue weighted by Crippen LogP contribution is 2.19. The number of aromatic nitrogens is 3. The number of ether oxygens (including phenoxy) is 1. The molecule has 3 rings (SSSR count). The van der Waals surface area contributed by atoms with Crippen molar-refractivity contribution in [3.63, 3.8) is 0 Å². The molecular weight excluding hydrogens is 395 g/mol. The zero-order valence-electron chi connectivity index (χ0n) is 18.2. The van der Waals surface area contributed by atoms with Crippen LogP contribution < -0.4 is 15.4 Å². The van der Waals surface area contributed by atoms with Crippen LogP contribution in [0.1, 0.15) is 30.3 Å². The third kappa shape index (κ3) is 7.09. The van der Waals surface area contributed by atoms with Gasteiger partial charge in [0.05, 0.1) is 12.2 Å². The minimum Gasteiger partial charge on any atom is -0.439 e. The number of benzene rings is 1. The fourth-order valence-corrected chi connectivity index (χ4v) is 3.04. The summed E-state index contributed by atoms with van der Waals surface area (Å²) in [5.41, 5.74) is 3.19. The van der Waals surface area contributed by atoms with Gasteiger partial charge in [-0.2, -0.15) is 5.10 Å². The first-order chi connectivity index (χ1) is 15.0. The molecule has 0 amide bonds. The molecule has 0 unspecified atom stereocenters. The van der Waals surface area contributed by atoms with E-state index < -0.39 is 0 Å². The summed E-state index contributed by atoms with van der Waals surface area (Å²) in [6, 6.07) is 11.6. The molecule has 8 heteroatoms. The molecule has 7 nitrogen and oxygen atoms in total. The Balaban J connectivity index is 1.48. The van der Waals surface area contributed by atoms with Crippen LogP contribution in [0.3, 0.4) is 0 Å². The van der Waals surface area contributed by atoms with E-state index in [1.807, 2.05) is 24.6 Å². The van der Waals surface area contributed by atoms with Crippen molar-refractivity contribution in [1.29, 1.82) is 0 Å². The number of rotatable bonds is 9. The molecule has 0 bridgehead atoms. The normalized spacial score (nSPS) is 11.4. The first-order valence-electron chi connectivity index (χ1n) is 10.4. The van der Waals surface area contributed by atoms with Crippen LogP contribution in [0.2, 0.25) is 0 Å². The van der Waals surface area contributed by atoms with Gasteiger partial charge in [0.15, 0.2) is 5.96 Å². The van der Waals surface area contributed by atoms with Gasteiger partial charge in [-0.3, -0.25) is 4.68 Å². The molecule has 2 aromatic heterocycles. The van der Waals surface area contributed by atoms with Gasteiger partial charge in [0.2, 0.25) is 5.88 Å². The van der Waals surface area contributed by atoms with Crippen molar-refractivity contribution in [1.82, 2.24) is 25.4 Å². The molecule has 0 fully saturated rings. The van der Waals surface area contributed by atoms with Gasteiger partial charge in [-0.05, 0) is 63.1 Å². The number of halogens is 1. The largest absolute Gasteiger partial charge is 0.439 e. The van der Waals surface area contributed by atoms with Crippen LogP contribution in [0, 0.1) is 19.7 Å². The zero-order valence-corrected chi connectivity index (χ0v) is 18.2. The third-order valence-electron chi connectivity index (χ3n) is 4.54. The first-order valence-corrected chi connectivity index (χ1v) is 10.4. The topological polar surface area (TPSA) is 76.4 Å². The molecule has 0 saturated carbocycles. The average molecular weight is 425 g/mol. The lowest BCUT2D eigenvalue weighted by molar-refractivity contribution is 0.461. The highest BCUT2D eigenvalue weighted by atomic mass is 19.1. The smallest absolute Gasteiger partial charge is 0.219 e. The van der Waals surface area contributed by atoms with Gasteiger partial charge in [-0.15, -0.1) is 0 Å². The Morgan fingerprint density at radius 2 is 1.94 bits per heavy atom. The van der Waals surface area contributed by atoms with Gasteiger partial charge in [0.1, 0.15) is 11.6 Å². The maximum Gasteiger partial charge on any atom is 0.219 e.